The van der Waals surface area contributed by atoms with Crippen LogP contribution in [0.1, 0.15) is 31.0 Å². The second kappa shape index (κ2) is 9.16. The van der Waals surface area contributed by atoms with Crippen LogP contribution in [0, 0.1) is 12.7 Å². The number of thioether (sulfide) groups is 1. The topological polar surface area (TPSA) is 66.9 Å². The van der Waals surface area contributed by atoms with Gasteiger partial charge in [0.05, 0.1) is 11.3 Å². The van der Waals surface area contributed by atoms with Gasteiger partial charge in [0.25, 0.3) is 0 Å². The molecule has 1 heterocycles. The second-order valence-electron chi connectivity index (χ2n) is 6.41. The molecule has 0 radical (unpaired) electrons. The Labute approximate surface area is 171 Å². The minimum Gasteiger partial charge on any atom is -0.349 e. The van der Waals surface area contributed by atoms with Crippen molar-refractivity contribution in [1.29, 1.82) is 0 Å². The maximum Gasteiger partial charge on any atom is 0.233 e. The van der Waals surface area contributed by atoms with Crippen molar-refractivity contribution in [3.63, 3.8) is 0 Å². The molecule has 0 fully saturated rings. The lowest BCUT2D eigenvalue weighted by Crippen LogP contribution is -2.33. The van der Waals surface area contributed by atoms with E-state index in [1.165, 1.54) is 35.2 Å². The molecule has 8 heteroatoms. The monoisotopic (exact) mass is 416 g/mol. The summed E-state index contributed by atoms with van der Waals surface area (Å²) in [5, 5.41) is 14.8. The first-order valence-electron chi connectivity index (χ1n) is 8.80. The number of halogens is 1. The van der Waals surface area contributed by atoms with E-state index in [1.807, 2.05) is 45.0 Å². The number of rotatable bonds is 7. The lowest BCUT2D eigenvalue weighted by Gasteiger charge is -2.17. The van der Waals surface area contributed by atoms with Gasteiger partial charge >= 0.3 is 0 Å². The fraction of sp³-hybridized carbons (Fsp3) is 0.250. The van der Waals surface area contributed by atoms with Crippen molar-refractivity contribution >= 4 is 39.8 Å². The van der Waals surface area contributed by atoms with Crippen molar-refractivity contribution in [1.82, 2.24) is 15.5 Å². The number of hydrogen-bond acceptors (Lipinski definition) is 6. The predicted octanol–water partition coefficient (Wildman–Crippen LogP) is 5.09. The molecule has 0 spiro atoms. The molecule has 0 unspecified atom stereocenters. The van der Waals surface area contributed by atoms with E-state index < -0.39 is 0 Å². The van der Waals surface area contributed by atoms with E-state index in [1.54, 1.807) is 12.1 Å². The van der Waals surface area contributed by atoms with Crippen molar-refractivity contribution in [2.75, 3.05) is 5.32 Å². The molecule has 5 nitrogen and oxygen atoms in total. The Balaban J connectivity index is 1.55. The Bertz CT molecular complexity index is 945. The first-order chi connectivity index (χ1) is 13.4. The average Bonchev–Trinajstić information content (AvgIpc) is 3.09. The standard InChI is InChI=1S/C20H21FN4OS2/c1-12-5-4-6-17(11-12)23-19-24-25-20(28-19)27-14(3)18(26)22-13(2)15-7-9-16(21)10-8-15/h4-11,13-14H,1-3H3,(H,22,26)(H,23,24)/t13-,14-/m0/s1. The van der Waals surface area contributed by atoms with E-state index in [0.29, 0.717) is 9.47 Å². The SMILES string of the molecule is Cc1cccc(Nc2nnc(S[C@@H](C)C(=O)N[C@@H](C)c3ccc(F)cc3)s2)c1. The van der Waals surface area contributed by atoms with Crippen LogP contribution in [0.3, 0.4) is 0 Å². The molecule has 0 saturated heterocycles. The van der Waals surface area contributed by atoms with E-state index in [2.05, 4.69) is 20.8 Å². The van der Waals surface area contributed by atoms with E-state index in [9.17, 15) is 9.18 Å². The van der Waals surface area contributed by atoms with Crippen LogP contribution in [0.5, 0.6) is 0 Å². The molecular weight excluding hydrogens is 395 g/mol. The van der Waals surface area contributed by atoms with E-state index in [-0.39, 0.29) is 23.0 Å². The van der Waals surface area contributed by atoms with Crippen molar-refractivity contribution in [3.05, 3.63) is 65.5 Å². The Morgan fingerprint density at radius 1 is 1.14 bits per heavy atom. The lowest BCUT2D eigenvalue weighted by atomic mass is 10.1. The minimum atomic E-state index is -0.331. The number of aryl methyl sites for hydroxylation is 1. The molecule has 0 bridgehead atoms. The normalized spacial score (nSPS) is 13.0. The highest BCUT2D eigenvalue weighted by Crippen LogP contribution is 2.31. The highest BCUT2D eigenvalue weighted by Gasteiger charge is 2.19. The van der Waals surface area contributed by atoms with E-state index >= 15 is 0 Å². The zero-order valence-corrected chi connectivity index (χ0v) is 17.4. The fourth-order valence-electron chi connectivity index (χ4n) is 2.52. The van der Waals surface area contributed by atoms with Crippen LogP contribution in [-0.2, 0) is 4.79 Å². The van der Waals surface area contributed by atoms with Crippen LogP contribution in [0.4, 0.5) is 15.2 Å². The summed E-state index contributed by atoms with van der Waals surface area (Å²) in [4.78, 5) is 12.5. The Morgan fingerprint density at radius 2 is 1.89 bits per heavy atom. The highest BCUT2D eigenvalue weighted by molar-refractivity contribution is 8.02. The zero-order chi connectivity index (χ0) is 20.1. The van der Waals surface area contributed by atoms with Crippen molar-refractivity contribution in [2.45, 2.75) is 36.4 Å². The summed E-state index contributed by atoms with van der Waals surface area (Å²) in [5.41, 5.74) is 2.96. The zero-order valence-electron chi connectivity index (χ0n) is 15.8. The average molecular weight is 417 g/mol. The number of anilines is 2. The molecule has 0 aliphatic heterocycles. The molecule has 1 aromatic heterocycles. The van der Waals surface area contributed by atoms with Crippen molar-refractivity contribution in [3.8, 4) is 0 Å². The van der Waals surface area contributed by atoms with Crippen LogP contribution in [0.15, 0.2) is 52.9 Å². The quantitative estimate of drug-likeness (QED) is 0.525. The van der Waals surface area contributed by atoms with Gasteiger partial charge in [0.15, 0.2) is 4.34 Å². The molecule has 2 N–H and O–H groups in total. The smallest absolute Gasteiger partial charge is 0.233 e. The summed E-state index contributed by atoms with van der Waals surface area (Å²) in [5.74, 6) is -0.400. The molecule has 146 valence electrons. The number of benzene rings is 2. The molecule has 0 saturated carbocycles. The summed E-state index contributed by atoms with van der Waals surface area (Å²) in [6, 6.07) is 13.9. The second-order valence-corrected chi connectivity index (χ2v) is 8.97. The third-order valence-electron chi connectivity index (χ3n) is 4.05. The Morgan fingerprint density at radius 3 is 2.61 bits per heavy atom. The first kappa shape index (κ1) is 20.3. The molecular formula is C20H21FN4OS2. The van der Waals surface area contributed by atoms with Gasteiger partial charge < -0.3 is 10.6 Å². The van der Waals surface area contributed by atoms with Gasteiger partial charge in [-0.25, -0.2) is 4.39 Å². The summed E-state index contributed by atoms with van der Waals surface area (Å²) in [6.45, 7) is 5.73. The molecule has 28 heavy (non-hydrogen) atoms. The van der Waals surface area contributed by atoms with E-state index in [0.717, 1.165) is 16.8 Å². The summed E-state index contributed by atoms with van der Waals surface area (Å²) in [7, 11) is 0. The van der Waals surface area contributed by atoms with Crippen LogP contribution in [-0.4, -0.2) is 21.4 Å². The summed E-state index contributed by atoms with van der Waals surface area (Å²) < 4.78 is 13.7. The van der Waals surface area contributed by atoms with Crippen molar-refractivity contribution < 1.29 is 9.18 Å². The largest absolute Gasteiger partial charge is 0.349 e. The van der Waals surface area contributed by atoms with Crippen LogP contribution >= 0.6 is 23.1 Å². The molecule has 0 aliphatic rings. The fourth-order valence-corrected chi connectivity index (χ4v) is 4.45. The molecule has 2 aromatic carbocycles. The van der Waals surface area contributed by atoms with Gasteiger partial charge in [-0.05, 0) is 56.2 Å². The maximum absolute atomic E-state index is 13.0. The first-order valence-corrected chi connectivity index (χ1v) is 10.5. The molecule has 3 rings (SSSR count). The highest BCUT2D eigenvalue weighted by atomic mass is 32.2. The van der Waals surface area contributed by atoms with Gasteiger partial charge in [0, 0.05) is 5.69 Å². The van der Waals surface area contributed by atoms with Gasteiger partial charge in [0.1, 0.15) is 5.82 Å². The number of carbonyl (C=O) groups is 1. The van der Waals surface area contributed by atoms with Gasteiger partial charge in [-0.1, -0.05) is 47.4 Å². The van der Waals surface area contributed by atoms with Crippen LogP contribution in [0.2, 0.25) is 0 Å². The summed E-state index contributed by atoms with van der Waals surface area (Å²) >= 11 is 2.76. The third-order valence-corrected chi connectivity index (χ3v) is 6.07. The number of nitrogens with one attached hydrogen (secondary N) is 2. The Kier molecular flexibility index (Phi) is 6.64. The lowest BCUT2D eigenvalue weighted by molar-refractivity contribution is -0.120. The number of nitrogens with zero attached hydrogens (tertiary/aromatic N) is 2. The molecule has 3 aromatic rings. The third kappa shape index (κ3) is 5.53. The predicted molar refractivity (Wildman–Crippen MR) is 113 cm³/mol. The van der Waals surface area contributed by atoms with Crippen LogP contribution in [0.25, 0.3) is 0 Å². The van der Waals surface area contributed by atoms with Gasteiger partial charge in [-0.3, -0.25) is 4.79 Å². The van der Waals surface area contributed by atoms with Crippen LogP contribution < -0.4 is 10.6 Å². The Hall–Kier alpha value is -2.45. The van der Waals surface area contributed by atoms with Gasteiger partial charge in [-0.15, -0.1) is 10.2 Å². The number of aromatic nitrogens is 2. The maximum atomic E-state index is 13.0. The number of carbonyl (C=O) groups excluding carboxylic acids is 1. The molecule has 1 amide bonds. The number of amides is 1. The van der Waals surface area contributed by atoms with E-state index in [4.69, 9.17) is 0 Å². The molecule has 0 aliphatic carbocycles. The number of hydrogen-bond donors (Lipinski definition) is 2. The minimum absolute atomic E-state index is 0.106. The summed E-state index contributed by atoms with van der Waals surface area (Å²) in [6.07, 6.45) is 0. The van der Waals surface area contributed by atoms with Gasteiger partial charge in [0.2, 0.25) is 11.0 Å². The molecule has 2 atom stereocenters. The van der Waals surface area contributed by atoms with Crippen molar-refractivity contribution in [2.24, 2.45) is 0 Å². The van der Waals surface area contributed by atoms with Gasteiger partial charge in [-0.2, -0.15) is 0 Å².